The number of carbonyl (C=O) groups is 3. The van der Waals surface area contributed by atoms with Gasteiger partial charge in [0, 0.05) is 56.9 Å². The van der Waals surface area contributed by atoms with Crippen molar-refractivity contribution in [1.82, 2.24) is 24.1 Å². The maximum Gasteiger partial charge on any atom is 0.274 e. The first-order valence-corrected chi connectivity index (χ1v) is 12.9. The number of carbonyl (C=O) groups excluding carboxylic acids is 3. The fourth-order valence-corrected chi connectivity index (χ4v) is 5.33. The van der Waals surface area contributed by atoms with Gasteiger partial charge in [-0.25, -0.2) is 4.98 Å². The highest BCUT2D eigenvalue weighted by atomic mass is 32.1. The summed E-state index contributed by atoms with van der Waals surface area (Å²) in [5.41, 5.74) is 1.36. The van der Waals surface area contributed by atoms with Crippen molar-refractivity contribution in [1.29, 1.82) is 0 Å². The fraction of sp³-hybridized carbons (Fsp3) is 0.440. The summed E-state index contributed by atoms with van der Waals surface area (Å²) in [5, 5.41) is 1.91. The van der Waals surface area contributed by atoms with E-state index in [1.165, 1.54) is 11.3 Å². The second kappa shape index (κ2) is 10.6. The number of benzene rings is 1. The number of amides is 3. The van der Waals surface area contributed by atoms with Gasteiger partial charge in [0.05, 0.1) is 12.7 Å². The van der Waals surface area contributed by atoms with Crippen molar-refractivity contribution in [3.63, 3.8) is 0 Å². The van der Waals surface area contributed by atoms with Crippen molar-refractivity contribution >= 4 is 34.0 Å². The quantitative estimate of drug-likeness (QED) is 0.479. The van der Waals surface area contributed by atoms with Crippen LogP contribution in [0.5, 0.6) is 0 Å². The fourth-order valence-electron chi connectivity index (χ4n) is 4.63. The van der Waals surface area contributed by atoms with Crippen molar-refractivity contribution in [2.75, 3.05) is 39.3 Å². The van der Waals surface area contributed by atoms with E-state index in [4.69, 9.17) is 4.74 Å². The van der Waals surface area contributed by atoms with Crippen molar-refractivity contribution in [3.8, 4) is 0 Å². The predicted molar refractivity (Wildman–Crippen MR) is 131 cm³/mol. The van der Waals surface area contributed by atoms with Crippen LogP contribution in [0.1, 0.15) is 35.3 Å². The van der Waals surface area contributed by atoms with Crippen LogP contribution < -0.4 is 0 Å². The van der Waals surface area contributed by atoms with E-state index < -0.39 is 0 Å². The topological polar surface area (TPSA) is 87.5 Å². The number of aromatic nitrogens is 2. The highest BCUT2D eigenvalue weighted by Crippen LogP contribution is 2.17. The molecular formula is C25H29N5O4S. The maximum atomic E-state index is 13.3. The van der Waals surface area contributed by atoms with Crippen molar-refractivity contribution in [2.45, 2.75) is 32.0 Å². The molecule has 3 amide bonds. The molecule has 0 radical (unpaired) electrons. The van der Waals surface area contributed by atoms with Crippen LogP contribution in [-0.2, 0) is 20.9 Å². The minimum atomic E-state index is -0.331. The molecule has 2 saturated heterocycles. The van der Waals surface area contributed by atoms with Gasteiger partial charge < -0.3 is 19.4 Å². The molecule has 2 fully saturated rings. The molecule has 2 aliphatic heterocycles. The molecule has 3 aromatic rings. The van der Waals surface area contributed by atoms with Gasteiger partial charge in [-0.2, -0.15) is 0 Å². The van der Waals surface area contributed by atoms with E-state index in [-0.39, 0.29) is 30.4 Å². The van der Waals surface area contributed by atoms with E-state index in [0.29, 0.717) is 51.3 Å². The number of rotatable bonds is 8. The first-order chi connectivity index (χ1) is 17.1. The number of hydrogen-bond acceptors (Lipinski definition) is 6. The molecule has 35 heavy (non-hydrogen) atoms. The second-order valence-corrected chi connectivity index (χ2v) is 9.87. The average molecular weight is 496 g/mol. The van der Waals surface area contributed by atoms with Gasteiger partial charge in [0.15, 0.2) is 4.96 Å². The van der Waals surface area contributed by atoms with Crippen LogP contribution in [0.2, 0.25) is 0 Å². The molecule has 0 aliphatic carbocycles. The molecule has 5 rings (SSSR count). The van der Waals surface area contributed by atoms with Gasteiger partial charge in [0.25, 0.3) is 5.91 Å². The lowest BCUT2D eigenvalue weighted by atomic mass is 10.2. The highest BCUT2D eigenvalue weighted by Gasteiger charge is 2.32. The average Bonchev–Trinajstić information content (AvgIpc) is 3.55. The Kier molecular flexibility index (Phi) is 7.10. The van der Waals surface area contributed by atoms with Crippen molar-refractivity contribution < 1.29 is 19.1 Å². The zero-order valence-electron chi connectivity index (χ0n) is 19.5. The summed E-state index contributed by atoms with van der Waals surface area (Å²) >= 11 is 1.46. The molecule has 1 aromatic carbocycles. The summed E-state index contributed by atoms with van der Waals surface area (Å²) in [7, 11) is 0. The van der Waals surface area contributed by atoms with Gasteiger partial charge >= 0.3 is 0 Å². The van der Waals surface area contributed by atoms with E-state index in [2.05, 4.69) is 4.98 Å². The molecule has 184 valence electrons. The minimum Gasteiger partial charge on any atom is -0.370 e. The van der Waals surface area contributed by atoms with Crippen LogP contribution in [0.3, 0.4) is 0 Å². The molecule has 9 nitrogen and oxygen atoms in total. The van der Waals surface area contributed by atoms with Crippen LogP contribution in [0.25, 0.3) is 4.96 Å². The van der Waals surface area contributed by atoms with Crippen LogP contribution >= 0.6 is 11.3 Å². The third-order valence-electron chi connectivity index (χ3n) is 6.48. The Morgan fingerprint density at radius 2 is 1.91 bits per heavy atom. The standard InChI is InChI=1S/C25H29N5O4S/c31-22-8-4-9-27(22)10-5-11-28-14-20(34-18-19-6-2-1-3-7-19)15-30(17-23(28)32)24(33)21-16-29-12-13-35-25(29)26-21/h1-3,6-7,12-13,16,20H,4-5,8-11,14-15,17-18H2/t20-/m1/s1. The zero-order chi connectivity index (χ0) is 24.2. The molecular weight excluding hydrogens is 466 g/mol. The Bertz CT molecular complexity index is 1160. The Morgan fingerprint density at radius 3 is 2.69 bits per heavy atom. The minimum absolute atomic E-state index is 0.0160. The number of hydrogen-bond donors (Lipinski definition) is 0. The Balaban J connectivity index is 1.28. The summed E-state index contributed by atoms with van der Waals surface area (Å²) in [6.07, 6.45) is 5.45. The summed E-state index contributed by atoms with van der Waals surface area (Å²) in [6.45, 7) is 3.06. The zero-order valence-corrected chi connectivity index (χ0v) is 20.4. The summed E-state index contributed by atoms with van der Waals surface area (Å²) in [5.74, 6) is -0.196. The SMILES string of the molecule is O=C1CCCN1CCCN1C[C@@H](OCc2ccccc2)CN(C(=O)c2cn3ccsc3n2)CC1=O. The Morgan fingerprint density at radius 1 is 1.09 bits per heavy atom. The molecule has 4 heterocycles. The first kappa shape index (κ1) is 23.5. The van der Waals surface area contributed by atoms with E-state index in [0.717, 1.165) is 23.5 Å². The predicted octanol–water partition coefficient (Wildman–Crippen LogP) is 2.28. The molecule has 2 aliphatic rings. The second-order valence-electron chi connectivity index (χ2n) is 9.00. The van der Waals surface area contributed by atoms with Gasteiger partial charge in [-0.05, 0) is 18.4 Å². The summed E-state index contributed by atoms with van der Waals surface area (Å²) < 4.78 is 8.02. The van der Waals surface area contributed by atoms with Crippen LogP contribution in [0.4, 0.5) is 0 Å². The van der Waals surface area contributed by atoms with Crippen LogP contribution in [0, 0.1) is 0 Å². The lowest BCUT2D eigenvalue weighted by Crippen LogP contribution is -2.40. The van der Waals surface area contributed by atoms with Crippen molar-refractivity contribution in [3.05, 3.63) is 59.4 Å². The number of nitrogens with zero attached hydrogens (tertiary/aromatic N) is 5. The van der Waals surface area contributed by atoms with Gasteiger partial charge in [0.2, 0.25) is 11.8 Å². The molecule has 0 bridgehead atoms. The van der Waals surface area contributed by atoms with E-state index >= 15 is 0 Å². The highest BCUT2D eigenvalue weighted by molar-refractivity contribution is 7.15. The van der Waals surface area contributed by atoms with Gasteiger partial charge in [-0.1, -0.05) is 30.3 Å². The first-order valence-electron chi connectivity index (χ1n) is 12.0. The normalized spacial score (nSPS) is 19.1. The van der Waals surface area contributed by atoms with Crippen LogP contribution in [0.15, 0.2) is 48.1 Å². The summed E-state index contributed by atoms with van der Waals surface area (Å²) in [6, 6.07) is 9.86. The number of likely N-dealkylation sites (tertiary alicyclic amines) is 1. The maximum absolute atomic E-state index is 13.3. The third-order valence-corrected chi connectivity index (χ3v) is 7.25. The van der Waals surface area contributed by atoms with E-state index in [1.54, 1.807) is 16.0 Å². The molecule has 0 spiro atoms. The molecule has 2 aromatic heterocycles. The Hall–Kier alpha value is -3.24. The van der Waals surface area contributed by atoms with Gasteiger partial charge in [-0.3, -0.25) is 18.8 Å². The van der Waals surface area contributed by atoms with E-state index in [9.17, 15) is 14.4 Å². The smallest absolute Gasteiger partial charge is 0.274 e. The molecule has 0 unspecified atom stereocenters. The summed E-state index contributed by atoms with van der Waals surface area (Å²) in [4.78, 5) is 48.7. The van der Waals surface area contributed by atoms with Crippen molar-refractivity contribution in [2.24, 2.45) is 0 Å². The Labute approximate surface area is 207 Å². The van der Waals surface area contributed by atoms with Gasteiger partial charge in [0.1, 0.15) is 12.2 Å². The third kappa shape index (κ3) is 5.54. The van der Waals surface area contributed by atoms with Gasteiger partial charge in [-0.15, -0.1) is 11.3 Å². The number of ether oxygens (including phenoxy) is 1. The largest absolute Gasteiger partial charge is 0.370 e. The molecule has 10 heteroatoms. The number of fused-ring (bicyclic) bond motifs is 1. The lowest BCUT2D eigenvalue weighted by Gasteiger charge is -2.25. The molecule has 0 saturated carbocycles. The molecule has 1 atom stereocenters. The number of imidazole rings is 1. The number of thiazole rings is 1. The lowest BCUT2D eigenvalue weighted by molar-refractivity contribution is -0.131. The van der Waals surface area contributed by atoms with Crippen LogP contribution in [-0.4, -0.2) is 87.2 Å². The molecule has 0 N–H and O–H groups in total. The van der Waals surface area contributed by atoms with E-state index in [1.807, 2.05) is 51.2 Å². The monoisotopic (exact) mass is 495 g/mol.